The van der Waals surface area contributed by atoms with E-state index in [1.165, 1.54) is 0 Å². The highest BCUT2D eigenvalue weighted by Gasteiger charge is 2.52. The van der Waals surface area contributed by atoms with E-state index < -0.39 is 18.9 Å². The Balaban J connectivity index is 2.66. The van der Waals surface area contributed by atoms with Crippen LogP contribution in [0.2, 0.25) is 0 Å². The lowest BCUT2D eigenvalue weighted by Crippen LogP contribution is -2.28. The molecule has 1 N–H and O–H groups in total. The Morgan fingerprint density at radius 1 is 1.05 bits per heavy atom. The Morgan fingerprint density at radius 2 is 1.57 bits per heavy atom. The van der Waals surface area contributed by atoms with Crippen LogP contribution in [0.25, 0.3) is 0 Å². The number of aliphatic hydroxyl groups is 1. The summed E-state index contributed by atoms with van der Waals surface area (Å²) in [4.78, 5) is 0. The standard InChI is InChI=1S/C17H25O3P/c1-16(2,3)14-13(18)15(17(4,5)6)21(19,20-14)12-10-8-7-9-11-12/h7-11,14,18H,1-6H3. The smallest absolute Gasteiger partial charge is 0.262 e. The minimum atomic E-state index is -3.23. The molecule has 1 aromatic carbocycles. The van der Waals surface area contributed by atoms with Crippen LogP contribution < -0.4 is 5.30 Å². The van der Waals surface area contributed by atoms with E-state index in [0.717, 1.165) is 0 Å². The van der Waals surface area contributed by atoms with Gasteiger partial charge in [0.15, 0.2) is 0 Å². The topological polar surface area (TPSA) is 46.5 Å². The highest BCUT2D eigenvalue weighted by atomic mass is 31.2. The molecule has 0 aromatic heterocycles. The molecule has 2 atom stereocenters. The van der Waals surface area contributed by atoms with E-state index in [1.54, 1.807) is 0 Å². The molecule has 1 aromatic rings. The van der Waals surface area contributed by atoms with E-state index in [9.17, 15) is 9.67 Å². The summed E-state index contributed by atoms with van der Waals surface area (Å²) < 4.78 is 19.6. The molecular weight excluding hydrogens is 283 g/mol. The fourth-order valence-electron chi connectivity index (χ4n) is 2.73. The Bertz CT molecular complexity index is 603. The Hall–Kier alpha value is -1.05. The van der Waals surface area contributed by atoms with Crippen molar-refractivity contribution in [3.63, 3.8) is 0 Å². The largest absolute Gasteiger partial charge is 0.509 e. The summed E-state index contributed by atoms with van der Waals surface area (Å²) in [5, 5.41) is 11.9. The summed E-state index contributed by atoms with van der Waals surface area (Å²) in [5.74, 6) is 0.141. The highest BCUT2D eigenvalue weighted by Crippen LogP contribution is 2.67. The average Bonchev–Trinajstić information content (AvgIpc) is 2.63. The van der Waals surface area contributed by atoms with Gasteiger partial charge in [0.1, 0.15) is 11.9 Å². The predicted molar refractivity (Wildman–Crippen MR) is 87.1 cm³/mol. The molecule has 0 saturated carbocycles. The number of allylic oxidation sites excluding steroid dienone is 1. The second-order valence-electron chi connectivity index (χ2n) is 7.72. The van der Waals surface area contributed by atoms with Gasteiger partial charge in [0.2, 0.25) is 0 Å². The zero-order valence-corrected chi connectivity index (χ0v) is 14.6. The first-order chi connectivity index (χ1) is 9.48. The number of hydrogen-bond acceptors (Lipinski definition) is 3. The van der Waals surface area contributed by atoms with Crippen LogP contribution in [-0.2, 0) is 9.09 Å². The second-order valence-corrected chi connectivity index (χ2v) is 10.00. The molecule has 116 valence electrons. The monoisotopic (exact) mass is 308 g/mol. The van der Waals surface area contributed by atoms with Crippen molar-refractivity contribution < 1.29 is 14.2 Å². The van der Waals surface area contributed by atoms with E-state index in [4.69, 9.17) is 4.52 Å². The zero-order valence-electron chi connectivity index (χ0n) is 13.7. The van der Waals surface area contributed by atoms with Crippen molar-refractivity contribution in [1.82, 2.24) is 0 Å². The second kappa shape index (κ2) is 5.00. The minimum absolute atomic E-state index is 0.141. The number of hydrogen-bond donors (Lipinski definition) is 1. The van der Waals surface area contributed by atoms with E-state index >= 15 is 0 Å². The third-order valence-corrected chi connectivity index (χ3v) is 6.61. The van der Waals surface area contributed by atoms with Crippen molar-refractivity contribution in [2.75, 3.05) is 0 Å². The van der Waals surface area contributed by atoms with Gasteiger partial charge < -0.3 is 9.63 Å². The molecule has 0 spiro atoms. The molecule has 0 bridgehead atoms. The molecule has 0 fully saturated rings. The summed E-state index contributed by atoms with van der Waals surface area (Å²) in [6, 6.07) is 9.20. The molecule has 4 heteroatoms. The van der Waals surface area contributed by atoms with Gasteiger partial charge in [0.05, 0.1) is 5.31 Å². The van der Waals surface area contributed by atoms with Crippen molar-refractivity contribution in [3.05, 3.63) is 41.4 Å². The summed E-state index contributed by atoms with van der Waals surface area (Å²) in [6.07, 6.45) is -0.544. The van der Waals surface area contributed by atoms with Crippen molar-refractivity contribution in [2.24, 2.45) is 10.8 Å². The van der Waals surface area contributed by atoms with Gasteiger partial charge in [-0.3, -0.25) is 4.57 Å². The molecule has 2 unspecified atom stereocenters. The number of benzene rings is 1. The van der Waals surface area contributed by atoms with Gasteiger partial charge >= 0.3 is 0 Å². The van der Waals surface area contributed by atoms with Crippen LogP contribution >= 0.6 is 7.37 Å². The van der Waals surface area contributed by atoms with Gasteiger partial charge in [0, 0.05) is 5.30 Å². The lowest BCUT2D eigenvalue weighted by molar-refractivity contribution is 0.0949. The van der Waals surface area contributed by atoms with Gasteiger partial charge in [-0.05, 0) is 23.0 Å². The maximum absolute atomic E-state index is 13.6. The summed E-state index contributed by atoms with van der Waals surface area (Å²) in [6.45, 7) is 11.8. The van der Waals surface area contributed by atoms with Gasteiger partial charge in [-0.2, -0.15) is 0 Å². The van der Waals surface area contributed by atoms with Crippen LogP contribution in [0.3, 0.4) is 0 Å². The van der Waals surface area contributed by atoms with Crippen molar-refractivity contribution in [1.29, 1.82) is 0 Å². The van der Waals surface area contributed by atoms with Crippen molar-refractivity contribution in [3.8, 4) is 0 Å². The molecular formula is C17H25O3P. The zero-order chi connectivity index (χ0) is 16.1. The normalized spacial score (nSPS) is 27.2. The Labute approximate surface area is 127 Å². The Morgan fingerprint density at radius 3 is 2.00 bits per heavy atom. The third kappa shape index (κ3) is 2.82. The first kappa shape index (κ1) is 16.3. The fourth-order valence-corrected chi connectivity index (χ4v) is 5.80. The van der Waals surface area contributed by atoms with Gasteiger partial charge in [-0.25, -0.2) is 0 Å². The quantitative estimate of drug-likeness (QED) is 0.754. The third-order valence-electron chi connectivity index (χ3n) is 3.63. The van der Waals surface area contributed by atoms with Crippen LogP contribution in [0.1, 0.15) is 41.5 Å². The van der Waals surface area contributed by atoms with Gasteiger partial charge in [-0.15, -0.1) is 0 Å². The molecule has 3 nitrogen and oxygen atoms in total. The molecule has 2 rings (SSSR count). The van der Waals surface area contributed by atoms with Crippen LogP contribution in [0.4, 0.5) is 0 Å². The van der Waals surface area contributed by atoms with Gasteiger partial charge in [0.25, 0.3) is 7.37 Å². The van der Waals surface area contributed by atoms with Crippen LogP contribution in [0.15, 0.2) is 41.4 Å². The van der Waals surface area contributed by atoms with Gasteiger partial charge in [-0.1, -0.05) is 59.7 Å². The number of aliphatic hydroxyl groups excluding tert-OH is 1. The molecule has 0 radical (unpaired) electrons. The molecule has 0 aliphatic carbocycles. The molecule has 1 aliphatic rings. The average molecular weight is 308 g/mol. The van der Waals surface area contributed by atoms with E-state index in [2.05, 4.69) is 0 Å². The van der Waals surface area contributed by atoms with E-state index in [-0.39, 0.29) is 11.2 Å². The van der Waals surface area contributed by atoms with E-state index in [1.807, 2.05) is 71.9 Å². The molecule has 0 saturated heterocycles. The first-order valence-corrected chi connectivity index (χ1v) is 8.88. The SMILES string of the molecule is CC(C)(C)C1=C(O)C(C(C)(C)C)OP1(=O)c1ccccc1. The molecule has 1 aliphatic heterocycles. The van der Waals surface area contributed by atoms with E-state index in [0.29, 0.717) is 10.6 Å². The lowest BCUT2D eigenvalue weighted by atomic mass is 9.85. The van der Waals surface area contributed by atoms with Crippen LogP contribution in [0, 0.1) is 10.8 Å². The van der Waals surface area contributed by atoms with Crippen LogP contribution in [-0.4, -0.2) is 11.2 Å². The fraction of sp³-hybridized carbons (Fsp3) is 0.529. The number of rotatable bonds is 1. The maximum Gasteiger partial charge on any atom is 0.262 e. The predicted octanol–water partition coefficient (Wildman–Crippen LogP) is 4.85. The summed E-state index contributed by atoms with van der Waals surface area (Å²) in [5.41, 5.74) is -0.739. The van der Waals surface area contributed by atoms with Crippen molar-refractivity contribution in [2.45, 2.75) is 47.6 Å². The lowest BCUT2D eigenvalue weighted by Gasteiger charge is -2.27. The molecule has 0 amide bonds. The summed E-state index contributed by atoms with van der Waals surface area (Å²) in [7, 11) is -3.23. The van der Waals surface area contributed by atoms with Crippen LogP contribution in [0.5, 0.6) is 0 Å². The Kier molecular flexibility index (Phi) is 3.89. The van der Waals surface area contributed by atoms with Crippen molar-refractivity contribution >= 4 is 12.7 Å². The molecule has 1 heterocycles. The summed E-state index contributed by atoms with van der Waals surface area (Å²) >= 11 is 0. The molecule has 21 heavy (non-hydrogen) atoms. The minimum Gasteiger partial charge on any atom is -0.509 e. The highest BCUT2D eigenvalue weighted by molar-refractivity contribution is 7.71. The first-order valence-electron chi connectivity index (χ1n) is 7.26. The maximum atomic E-state index is 13.6.